The van der Waals surface area contributed by atoms with E-state index in [-0.39, 0.29) is 62.5 Å². The molecule has 6 amide bonds. The Morgan fingerprint density at radius 3 is 1.82 bits per heavy atom. The summed E-state index contributed by atoms with van der Waals surface area (Å²) in [5.74, 6) is -6.33. The summed E-state index contributed by atoms with van der Waals surface area (Å²) in [4.78, 5) is 103. The first kappa shape index (κ1) is 51.5. The second-order valence-corrected chi connectivity index (χ2v) is 16.4. The normalized spacial score (nSPS) is 21.7. The smallest absolute Gasteiger partial charge is 0.329 e. The molecule has 0 saturated carbocycles. The lowest BCUT2D eigenvalue weighted by atomic mass is 9.97. The minimum atomic E-state index is -1.68. The molecule has 19 nitrogen and oxygen atoms in total. The Morgan fingerprint density at radius 1 is 0.742 bits per heavy atom. The van der Waals surface area contributed by atoms with Crippen molar-refractivity contribution in [3.05, 3.63) is 95.6 Å². The van der Waals surface area contributed by atoms with E-state index in [1.165, 1.54) is 43.3 Å². The van der Waals surface area contributed by atoms with Crippen molar-refractivity contribution in [2.75, 3.05) is 6.54 Å². The maximum Gasteiger partial charge on any atom is 0.329 e. The van der Waals surface area contributed by atoms with Crippen LogP contribution >= 0.6 is 0 Å². The second-order valence-electron chi connectivity index (χ2n) is 16.4. The van der Waals surface area contributed by atoms with Gasteiger partial charge in [-0.2, -0.15) is 0 Å². The van der Waals surface area contributed by atoms with Crippen molar-refractivity contribution in [3.63, 3.8) is 0 Å². The molecule has 0 spiro atoms. The molecule has 66 heavy (non-hydrogen) atoms. The number of aliphatic imine (C=N–C) groups is 1. The number of rotatable bonds is 17. The summed E-state index contributed by atoms with van der Waals surface area (Å²) in [5.41, 5.74) is 12.8. The molecule has 0 radical (unpaired) electrons. The monoisotopic (exact) mass is 913 g/mol. The first-order valence-corrected chi connectivity index (χ1v) is 22.1. The zero-order valence-electron chi connectivity index (χ0n) is 37.8. The molecule has 1 saturated heterocycles. The van der Waals surface area contributed by atoms with Crippen molar-refractivity contribution in [1.82, 2.24) is 31.9 Å². The molecule has 3 unspecified atom stereocenters. The second kappa shape index (κ2) is 25.3. The Kier molecular flexibility index (Phi) is 19.8. The Morgan fingerprint density at radius 2 is 1.27 bits per heavy atom. The standard InChI is InChI=1S/C47H63N9O10/c1-5-11-38(59)51-35(24-29-12-8-7-9-13-29)43(62)56-40-28(4)66-46(65)39(27(3)6-2)55-44(63)37(26-31-17-21-33(58)22-18-31)53-41(60)34(14-10-23-50-47(48)49)52-42(61)36(54-45(40)64)25-30-15-19-32(57)20-16-30/h7-9,12-13,15-22,27-28,34-37,39-40,57-58H,5-6,10-11,14,23-26H2,1-4H3,(H,51,59)(H,52,61)(H,53,60)(H,54,64)(H,55,63)(H,56,62)(H4,48,49,50)/t27?,28-,34?,35+,36+,37+,39-,40?/m0/s1. The SMILES string of the molecule is CCCC(=O)N[C@H](Cc1ccccc1)C(=O)NC1C(=O)N[C@H](Cc2ccc(O)cc2)C(=O)NC(CCCN=C(N)N)C(=O)N[C@H](Cc2ccc(O)cc2)C(=O)N[C@@H](C(C)CC)C(=O)O[C@H]1C. The zero-order valence-corrected chi connectivity index (χ0v) is 37.8. The fourth-order valence-corrected chi connectivity index (χ4v) is 7.18. The lowest BCUT2D eigenvalue weighted by molar-refractivity contribution is -0.157. The molecule has 1 heterocycles. The largest absolute Gasteiger partial charge is 0.508 e. The topological polar surface area (TPSA) is 306 Å². The van der Waals surface area contributed by atoms with Crippen molar-refractivity contribution < 1.29 is 48.5 Å². The van der Waals surface area contributed by atoms with E-state index in [9.17, 15) is 43.8 Å². The van der Waals surface area contributed by atoms with Crippen molar-refractivity contribution >= 4 is 47.4 Å². The Hall–Kier alpha value is -7.18. The number of guanidine groups is 1. The van der Waals surface area contributed by atoms with E-state index in [4.69, 9.17) is 16.2 Å². The van der Waals surface area contributed by atoms with Crippen LogP contribution in [0.4, 0.5) is 0 Å². The average Bonchev–Trinajstić information content (AvgIpc) is 3.28. The highest BCUT2D eigenvalue weighted by molar-refractivity contribution is 5.97. The molecule has 0 bridgehead atoms. The van der Waals surface area contributed by atoms with E-state index in [0.29, 0.717) is 29.5 Å². The van der Waals surface area contributed by atoms with Crippen molar-refractivity contribution in [1.29, 1.82) is 0 Å². The third kappa shape index (κ3) is 16.1. The van der Waals surface area contributed by atoms with Crippen LogP contribution in [-0.2, 0) is 57.6 Å². The predicted octanol–water partition coefficient (Wildman–Crippen LogP) is 0.880. The molecule has 19 heteroatoms. The number of benzene rings is 3. The fourth-order valence-electron chi connectivity index (χ4n) is 7.18. The molecule has 4 rings (SSSR count). The van der Waals surface area contributed by atoms with Gasteiger partial charge in [0.05, 0.1) is 0 Å². The molecule has 0 aromatic heterocycles. The van der Waals surface area contributed by atoms with Crippen LogP contribution in [0.3, 0.4) is 0 Å². The van der Waals surface area contributed by atoms with Gasteiger partial charge >= 0.3 is 5.97 Å². The lowest BCUT2D eigenvalue weighted by Crippen LogP contribution is -2.63. The number of carbonyl (C=O) groups is 7. The van der Waals surface area contributed by atoms with Crippen LogP contribution in [0.25, 0.3) is 0 Å². The van der Waals surface area contributed by atoms with Crippen LogP contribution in [0.5, 0.6) is 11.5 Å². The van der Waals surface area contributed by atoms with Gasteiger partial charge in [-0.3, -0.25) is 33.8 Å². The van der Waals surface area contributed by atoms with Crippen LogP contribution in [-0.4, -0.2) is 106 Å². The Bertz CT molecular complexity index is 2150. The number of hydrogen-bond acceptors (Lipinski definition) is 11. The van der Waals surface area contributed by atoms with E-state index in [1.54, 1.807) is 56.3 Å². The summed E-state index contributed by atoms with van der Waals surface area (Å²) in [7, 11) is 0. The van der Waals surface area contributed by atoms with E-state index in [0.717, 1.165) is 0 Å². The van der Waals surface area contributed by atoms with E-state index in [1.807, 2.05) is 6.92 Å². The number of ether oxygens (including phenoxy) is 1. The van der Waals surface area contributed by atoms with Crippen LogP contribution in [0.2, 0.25) is 0 Å². The minimum absolute atomic E-state index is 0.0288. The highest BCUT2D eigenvalue weighted by Crippen LogP contribution is 2.18. The number of phenols is 2. The third-order valence-electron chi connectivity index (χ3n) is 11.1. The number of nitrogens with two attached hydrogens (primary N) is 2. The molecule has 356 valence electrons. The van der Waals surface area contributed by atoms with Gasteiger partial charge in [0.15, 0.2) is 5.96 Å². The van der Waals surface area contributed by atoms with Crippen LogP contribution < -0.4 is 43.4 Å². The van der Waals surface area contributed by atoms with E-state index < -0.39 is 89.7 Å². The van der Waals surface area contributed by atoms with Crippen LogP contribution in [0, 0.1) is 5.92 Å². The summed E-state index contributed by atoms with van der Waals surface area (Å²) in [6.07, 6.45) is -0.525. The van der Waals surface area contributed by atoms with Crippen molar-refractivity contribution in [3.8, 4) is 11.5 Å². The summed E-state index contributed by atoms with van der Waals surface area (Å²) in [6, 6.07) is 12.4. The molecular formula is C47H63N9O10. The number of esters is 1. The number of aromatic hydroxyl groups is 2. The summed E-state index contributed by atoms with van der Waals surface area (Å²) in [5, 5.41) is 36.2. The molecule has 1 fully saturated rings. The molecule has 3 aromatic carbocycles. The number of amides is 6. The Labute approximate surface area is 384 Å². The molecule has 1 aliphatic heterocycles. The maximum absolute atomic E-state index is 14.6. The maximum atomic E-state index is 14.6. The minimum Gasteiger partial charge on any atom is -0.508 e. The first-order chi connectivity index (χ1) is 31.5. The average molecular weight is 914 g/mol. The molecular weight excluding hydrogens is 851 g/mol. The molecule has 12 N–H and O–H groups in total. The van der Waals surface area contributed by atoms with Gasteiger partial charge in [0.2, 0.25) is 35.4 Å². The number of nitrogens with one attached hydrogen (secondary N) is 6. The van der Waals surface area contributed by atoms with E-state index in [2.05, 4.69) is 36.9 Å². The molecule has 3 aromatic rings. The molecule has 8 atom stereocenters. The van der Waals surface area contributed by atoms with Gasteiger partial charge in [0.1, 0.15) is 53.9 Å². The summed E-state index contributed by atoms with van der Waals surface area (Å²) in [6.45, 7) is 6.76. The predicted molar refractivity (Wildman–Crippen MR) is 245 cm³/mol. The fraction of sp³-hybridized carbons (Fsp3) is 0.447. The van der Waals surface area contributed by atoms with Gasteiger partial charge in [-0.05, 0) is 73.1 Å². The van der Waals surface area contributed by atoms with Crippen molar-refractivity contribution in [2.45, 2.75) is 121 Å². The first-order valence-electron chi connectivity index (χ1n) is 22.1. The van der Waals surface area contributed by atoms with Crippen LogP contribution in [0.15, 0.2) is 83.9 Å². The third-order valence-corrected chi connectivity index (χ3v) is 11.1. The number of hydrogen-bond donors (Lipinski definition) is 10. The van der Waals surface area contributed by atoms with Crippen molar-refractivity contribution in [2.24, 2.45) is 22.4 Å². The van der Waals surface area contributed by atoms with Gasteiger partial charge in [-0.25, -0.2) is 4.79 Å². The quantitative estimate of drug-likeness (QED) is 0.0391. The van der Waals surface area contributed by atoms with E-state index >= 15 is 0 Å². The highest BCUT2D eigenvalue weighted by Gasteiger charge is 2.39. The molecule has 1 aliphatic rings. The number of phenolic OH excluding ortho intramolecular Hbond substituents is 2. The number of cyclic esters (lactones) is 1. The van der Waals surface area contributed by atoms with Gasteiger partial charge in [0.25, 0.3) is 0 Å². The highest BCUT2D eigenvalue weighted by atomic mass is 16.5. The van der Waals surface area contributed by atoms with Gasteiger partial charge in [-0.1, -0.05) is 81.8 Å². The summed E-state index contributed by atoms with van der Waals surface area (Å²) >= 11 is 0. The van der Waals surface area contributed by atoms with Gasteiger partial charge < -0.3 is 58.3 Å². The zero-order chi connectivity index (χ0) is 48.3. The van der Waals surface area contributed by atoms with Gasteiger partial charge in [0, 0.05) is 32.2 Å². The van der Waals surface area contributed by atoms with Gasteiger partial charge in [-0.15, -0.1) is 0 Å². The molecule has 0 aliphatic carbocycles. The Balaban J connectivity index is 1.83. The lowest BCUT2D eigenvalue weighted by Gasteiger charge is -2.32. The summed E-state index contributed by atoms with van der Waals surface area (Å²) < 4.78 is 5.92. The van der Waals surface area contributed by atoms with Crippen LogP contribution in [0.1, 0.15) is 76.5 Å². The number of carbonyl (C=O) groups excluding carboxylic acids is 7. The number of nitrogens with zero attached hydrogens (tertiary/aromatic N) is 1.